The van der Waals surface area contributed by atoms with Gasteiger partial charge in [-0.1, -0.05) is 36.9 Å². The fourth-order valence-electron chi connectivity index (χ4n) is 2.51. The van der Waals surface area contributed by atoms with Crippen LogP contribution >= 0.6 is 11.8 Å². The van der Waals surface area contributed by atoms with Crippen LogP contribution in [-0.4, -0.2) is 36.8 Å². The van der Waals surface area contributed by atoms with E-state index >= 15 is 0 Å². The molecule has 8 heteroatoms. The number of halogens is 3. The number of carbonyl (C=O) groups excluding carboxylic acids is 1. The lowest BCUT2D eigenvalue weighted by Gasteiger charge is -2.20. The van der Waals surface area contributed by atoms with E-state index in [1.165, 1.54) is 25.3 Å². The molecule has 2 rings (SSSR count). The van der Waals surface area contributed by atoms with E-state index in [0.717, 1.165) is 0 Å². The van der Waals surface area contributed by atoms with Crippen LogP contribution in [0.2, 0.25) is 0 Å². The number of likely N-dealkylation sites (N-methyl/N-ethyl adjacent to an activating group) is 1. The van der Waals surface area contributed by atoms with Gasteiger partial charge in [-0.25, -0.2) is 4.39 Å². The summed E-state index contributed by atoms with van der Waals surface area (Å²) >= 11 is 0.384. The van der Waals surface area contributed by atoms with Crippen molar-refractivity contribution in [2.24, 2.45) is 0 Å². The molecule has 0 saturated heterocycles. The summed E-state index contributed by atoms with van der Waals surface area (Å²) in [6.07, 6.45) is 0. The first-order valence-corrected chi connectivity index (χ1v) is 9.19. The SMILES string of the molecule is CCN(CC(=O)Nc1ccccc1SC(F)F)Cc1ccc(OC)c(F)c1. The first kappa shape index (κ1) is 21.1. The first-order valence-electron chi connectivity index (χ1n) is 8.31. The quantitative estimate of drug-likeness (QED) is 0.627. The molecule has 0 aliphatic carbocycles. The van der Waals surface area contributed by atoms with Crippen molar-refractivity contribution in [3.05, 3.63) is 53.8 Å². The predicted octanol–water partition coefficient (Wildman–Crippen LogP) is 4.61. The minimum absolute atomic E-state index is 0.0534. The van der Waals surface area contributed by atoms with Crippen LogP contribution in [0.25, 0.3) is 0 Å². The highest BCUT2D eigenvalue weighted by molar-refractivity contribution is 7.99. The maximum atomic E-state index is 13.8. The third-order valence-electron chi connectivity index (χ3n) is 3.81. The zero-order chi connectivity index (χ0) is 19.8. The number of nitrogens with zero attached hydrogens (tertiary/aromatic N) is 1. The van der Waals surface area contributed by atoms with E-state index in [0.29, 0.717) is 41.0 Å². The van der Waals surface area contributed by atoms with Gasteiger partial charge in [-0.2, -0.15) is 8.78 Å². The number of hydrogen-bond acceptors (Lipinski definition) is 4. The zero-order valence-corrected chi connectivity index (χ0v) is 15.9. The molecule has 0 saturated carbocycles. The Morgan fingerprint density at radius 3 is 2.63 bits per heavy atom. The molecule has 0 spiro atoms. The van der Waals surface area contributed by atoms with E-state index in [1.54, 1.807) is 24.3 Å². The van der Waals surface area contributed by atoms with Gasteiger partial charge in [0.15, 0.2) is 11.6 Å². The third kappa shape index (κ3) is 6.48. The number of rotatable bonds is 9. The van der Waals surface area contributed by atoms with Crippen LogP contribution in [0.3, 0.4) is 0 Å². The monoisotopic (exact) mass is 398 g/mol. The predicted molar refractivity (Wildman–Crippen MR) is 101 cm³/mol. The van der Waals surface area contributed by atoms with Crippen LogP contribution < -0.4 is 10.1 Å². The fourth-order valence-corrected chi connectivity index (χ4v) is 3.10. The van der Waals surface area contributed by atoms with Crippen LogP contribution in [0.1, 0.15) is 12.5 Å². The van der Waals surface area contributed by atoms with Crippen LogP contribution in [0.5, 0.6) is 5.75 Å². The number of ether oxygens (including phenoxy) is 1. The standard InChI is InChI=1S/C19H21F3N2O2S/c1-3-24(11-13-8-9-16(26-2)14(20)10-13)12-18(25)23-15-6-4-5-7-17(15)27-19(21)22/h4-10,19H,3,11-12H2,1-2H3,(H,23,25). The molecule has 27 heavy (non-hydrogen) atoms. The summed E-state index contributed by atoms with van der Waals surface area (Å²) in [4.78, 5) is 14.5. The van der Waals surface area contributed by atoms with Gasteiger partial charge in [0.05, 0.1) is 19.3 Å². The molecule has 4 nitrogen and oxygen atoms in total. The molecule has 0 atom stereocenters. The Labute approximate surface area is 160 Å². The van der Waals surface area contributed by atoms with Crippen molar-refractivity contribution < 1.29 is 22.7 Å². The number of alkyl halides is 2. The van der Waals surface area contributed by atoms with E-state index in [9.17, 15) is 18.0 Å². The van der Waals surface area contributed by atoms with Crippen LogP contribution in [-0.2, 0) is 11.3 Å². The molecule has 0 aromatic heterocycles. The van der Waals surface area contributed by atoms with Gasteiger partial charge in [0, 0.05) is 11.4 Å². The van der Waals surface area contributed by atoms with Crippen LogP contribution in [0.4, 0.5) is 18.9 Å². The molecule has 2 aromatic rings. The maximum Gasteiger partial charge on any atom is 0.288 e. The lowest BCUT2D eigenvalue weighted by atomic mass is 10.2. The number of anilines is 1. The van der Waals surface area contributed by atoms with Crippen molar-refractivity contribution in [3.8, 4) is 5.75 Å². The summed E-state index contributed by atoms with van der Waals surface area (Å²) in [5, 5.41) is 2.67. The van der Waals surface area contributed by atoms with Gasteiger partial charge in [-0.05, 0) is 36.4 Å². The van der Waals surface area contributed by atoms with Crippen LogP contribution in [0, 0.1) is 5.82 Å². The first-order chi connectivity index (χ1) is 12.9. The van der Waals surface area contributed by atoms with E-state index < -0.39 is 11.6 Å². The van der Waals surface area contributed by atoms with Crippen molar-refractivity contribution in [2.75, 3.05) is 25.5 Å². The molecule has 146 valence electrons. The number of nitrogens with one attached hydrogen (secondary N) is 1. The van der Waals surface area contributed by atoms with Gasteiger partial charge in [0.2, 0.25) is 5.91 Å². The van der Waals surface area contributed by atoms with Gasteiger partial charge >= 0.3 is 0 Å². The Morgan fingerprint density at radius 1 is 1.26 bits per heavy atom. The molecule has 2 aromatic carbocycles. The summed E-state index contributed by atoms with van der Waals surface area (Å²) < 4.78 is 44.0. The molecule has 0 heterocycles. The number of thioether (sulfide) groups is 1. The Morgan fingerprint density at radius 2 is 2.00 bits per heavy atom. The molecule has 0 unspecified atom stereocenters. The number of methoxy groups -OCH3 is 1. The number of para-hydroxylation sites is 1. The minimum atomic E-state index is -2.57. The normalized spacial score (nSPS) is 11.1. The van der Waals surface area contributed by atoms with Crippen molar-refractivity contribution in [3.63, 3.8) is 0 Å². The Hall–Kier alpha value is -2.19. The second-order valence-electron chi connectivity index (χ2n) is 5.70. The molecule has 0 aliphatic heterocycles. The molecular formula is C19H21F3N2O2S. The van der Waals surface area contributed by atoms with Crippen molar-refractivity contribution in [1.82, 2.24) is 4.90 Å². The van der Waals surface area contributed by atoms with Crippen LogP contribution in [0.15, 0.2) is 47.4 Å². The number of carbonyl (C=O) groups is 1. The zero-order valence-electron chi connectivity index (χ0n) is 15.0. The second-order valence-corrected chi connectivity index (χ2v) is 6.73. The average Bonchev–Trinajstić information content (AvgIpc) is 2.62. The van der Waals surface area contributed by atoms with Gasteiger partial charge in [-0.3, -0.25) is 9.69 Å². The van der Waals surface area contributed by atoms with Gasteiger partial charge in [0.1, 0.15) is 0 Å². The molecule has 0 radical (unpaired) electrons. The largest absolute Gasteiger partial charge is 0.494 e. The lowest BCUT2D eigenvalue weighted by Crippen LogP contribution is -2.32. The molecule has 1 N–H and O–H groups in total. The van der Waals surface area contributed by atoms with Crippen molar-refractivity contribution in [2.45, 2.75) is 24.1 Å². The van der Waals surface area contributed by atoms with E-state index in [-0.39, 0.29) is 18.2 Å². The summed E-state index contributed by atoms with van der Waals surface area (Å²) in [5.41, 5.74) is 1.05. The van der Waals surface area contributed by atoms with E-state index in [1.807, 2.05) is 11.8 Å². The van der Waals surface area contributed by atoms with Gasteiger partial charge < -0.3 is 10.1 Å². The fraction of sp³-hybridized carbons (Fsp3) is 0.316. The molecule has 0 bridgehead atoms. The number of amides is 1. The molecular weight excluding hydrogens is 377 g/mol. The second kappa shape index (κ2) is 10.2. The van der Waals surface area contributed by atoms with Gasteiger partial charge in [-0.15, -0.1) is 0 Å². The lowest BCUT2D eigenvalue weighted by molar-refractivity contribution is -0.117. The van der Waals surface area contributed by atoms with Gasteiger partial charge in [0.25, 0.3) is 5.76 Å². The van der Waals surface area contributed by atoms with Crippen molar-refractivity contribution in [1.29, 1.82) is 0 Å². The number of benzene rings is 2. The molecule has 1 amide bonds. The average molecular weight is 398 g/mol. The summed E-state index contributed by atoms with van der Waals surface area (Å²) in [6.45, 7) is 2.87. The van der Waals surface area contributed by atoms with Crippen molar-refractivity contribution >= 4 is 23.4 Å². The highest BCUT2D eigenvalue weighted by Gasteiger charge is 2.15. The highest BCUT2D eigenvalue weighted by atomic mass is 32.2. The maximum absolute atomic E-state index is 13.8. The van der Waals surface area contributed by atoms with E-state index in [2.05, 4.69) is 5.32 Å². The Bertz CT molecular complexity index is 774. The summed E-state index contributed by atoms with van der Waals surface area (Å²) in [6, 6.07) is 11.1. The highest BCUT2D eigenvalue weighted by Crippen LogP contribution is 2.31. The smallest absolute Gasteiger partial charge is 0.288 e. The molecule has 0 aliphatic rings. The minimum Gasteiger partial charge on any atom is -0.494 e. The Kier molecular flexibility index (Phi) is 7.99. The summed E-state index contributed by atoms with van der Waals surface area (Å²) in [5.74, 6) is -3.20. The third-order valence-corrected chi connectivity index (χ3v) is 4.60. The Balaban J connectivity index is 2.00. The number of hydrogen-bond donors (Lipinski definition) is 1. The van der Waals surface area contributed by atoms with E-state index in [4.69, 9.17) is 4.74 Å². The summed E-state index contributed by atoms with van der Waals surface area (Å²) in [7, 11) is 1.39. The topological polar surface area (TPSA) is 41.6 Å². The molecule has 0 fully saturated rings.